The van der Waals surface area contributed by atoms with Gasteiger partial charge >= 0.3 is 5.97 Å². The van der Waals surface area contributed by atoms with E-state index < -0.39 is 17.6 Å². The molecule has 2 N–H and O–H groups in total. The van der Waals surface area contributed by atoms with Crippen molar-refractivity contribution in [1.29, 1.82) is 0 Å². The van der Waals surface area contributed by atoms with Crippen molar-refractivity contribution in [3.05, 3.63) is 42.1 Å². The Labute approximate surface area is 119 Å². The highest BCUT2D eigenvalue weighted by Gasteiger charge is 2.22. The predicted molar refractivity (Wildman–Crippen MR) is 79.3 cm³/mol. The zero-order valence-electron chi connectivity index (χ0n) is 12.1. The number of carbonyl (C=O) groups is 1. The first-order chi connectivity index (χ1) is 9.35. The summed E-state index contributed by atoms with van der Waals surface area (Å²) in [6, 6.07) is 11.0. The molecule has 1 aromatic heterocycles. The van der Waals surface area contributed by atoms with E-state index in [2.05, 4.69) is 4.98 Å². The van der Waals surface area contributed by atoms with E-state index >= 15 is 0 Å². The molecule has 1 heterocycles. The molecule has 0 saturated heterocycles. The molecule has 4 heteroatoms. The van der Waals surface area contributed by atoms with E-state index in [0.29, 0.717) is 6.42 Å². The number of fused-ring (bicyclic) bond motifs is 1. The molecule has 2 rings (SSSR count). The fourth-order valence-corrected chi connectivity index (χ4v) is 1.91. The summed E-state index contributed by atoms with van der Waals surface area (Å²) in [6.07, 6.45) is 0.375. The summed E-state index contributed by atoms with van der Waals surface area (Å²) in [7, 11) is 0. The molecule has 1 aromatic carbocycles. The molecule has 1 atom stereocenters. The van der Waals surface area contributed by atoms with E-state index in [4.69, 9.17) is 10.5 Å². The standard InChI is InChI=1S/C16H20N2O2/c1-16(2,3)20-15(19)13(17)10-12-9-8-11-6-4-5-7-14(11)18-12/h4-9,13H,10,17H2,1-3H3/t13-/m0/s1. The number of hydrogen-bond acceptors (Lipinski definition) is 4. The van der Waals surface area contributed by atoms with Gasteiger partial charge in [-0.3, -0.25) is 9.78 Å². The molecule has 0 unspecified atom stereocenters. The minimum atomic E-state index is -0.692. The number of nitrogens with zero attached hydrogens (tertiary/aromatic N) is 1. The lowest BCUT2D eigenvalue weighted by Gasteiger charge is -2.22. The monoisotopic (exact) mass is 272 g/mol. The van der Waals surface area contributed by atoms with Crippen molar-refractivity contribution in [1.82, 2.24) is 4.98 Å². The van der Waals surface area contributed by atoms with Crippen LogP contribution in [0.4, 0.5) is 0 Å². The van der Waals surface area contributed by atoms with E-state index in [1.165, 1.54) is 0 Å². The summed E-state index contributed by atoms with van der Waals surface area (Å²) in [5.41, 5.74) is 7.06. The van der Waals surface area contributed by atoms with Gasteiger partial charge in [0.1, 0.15) is 11.6 Å². The van der Waals surface area contributed by atoms with Crippen molar-refractivity contribution in [3.63, 3.8) is 0 Å². The van der Waals surface area contributed by atoms with E-state index in [1.807, 2.05) is 57.2 Å². The lowest BCUT2D eigenvalue weighted by molar-refractivity contribution is -0.156. The molecular weight excluding hydrogens is 252 g/mol. The molecule has 0 radical (unpaired) electrons. The molecule has 2 aromatic rings. The van der Waals surface area contributed by atoms with Crippen LogP contribution in [0.3, 0.4) is 0 Å². The average Bonchev–Trinajstić information content (AvgIpc) is 2.36. The number of esters is 1. The van der Waals surface area contributed by atoms with Gasteiger partial charge in [-0.25, -0.2) is 0 Å². The summed E-state index contributed by atoms with van der Waals surface area (Å²) in [5.74, 6) is -0.396. The second kappa shape index (κ2) is 5.59. The normalized spacial score (nSPS) is 13.2. The van der Waals surface area contributed by atoms with Crippen molar-refractivity contribution < 1.29 is 9.53 Å². The summed E-state index contributed by atoms with van der Waals surface area (Å²) in [4.78, 5) is 16.4. The van der Waals surface area contributed by atoms with Gasteiger partial charge < -0.3 is 10.5 Å². The molecule has 0 fully saturated rings. The zero-order chi connectivity index (χ0) is 14.8. The first-order valence-corrected chi connectivity index (χ1v) is 6.68. The maximum Gasteiger partial charge on any atom is 0.323 e. The van der Waals surface area contributed by atoms with Crippen LogP contribution in [0.1, 0.15) is 26.5 Å². The first-order valence-electron chi connectivity index (χ1n) is 6.68. The number of nitrogens with two attached hydrogens (primary N) is 1. The topological polar surface area (TPSA) is 65.2 Å². The van der Waals surface area contributed by atoms with E-state index in [1.54, 1.807) is 0 Å². The molecule has 0 aliphatic heterocycles. The molecule has 106 valence electrons. The minimum Gasteiger partial charge on any atom is -0.459 e. The highest BCUT2D eigenvalue weighted by atomic mass is 16.6. The molecule has 0 aliphatic carbocycles. The smallest absolute Gasteiger partial charge is 0.323 e. The van der Waals surface area contributed by atoms with Crippen LogP contribution >= 0.6 is 0 Å². The molecule has 0 spiro atoms. The molecule has 0 bridgehead atoms. The van der Waals surface area contributed by atoms with Crippen LogP contribution < -0.4 is 5.73 Å². The van der Waals surface area contributed by atoms with Crippen molar-refractivity contribution in [3.8, 4) is 0 Å². The number of pyridine rings is 1. The highest BCUT2D eigenvalue weighted by molar-refractivity contribution is 5.79. The van der Waals surface area contributed by atoms with Crippen LogP contribution in [-0.4, -0.2) is 22.6 Å². The van der Waals surface area contributed by atoms with Crippen LogP contribution in [0, 0.1) is 0 Å². The molecular formula is C16H20N2O2. The summed E-state index contributed by atoms with van der Waals surface area (Å²) in [6.45, 7) is 5.48. The van der Waals surface area contributed by atoms with E-state index in [-0.39, 0.29) is 0 Å². The maximum atomic E-state index is 11.9. The van der Waals surface area contributed by atoms with Gasteiger partial charge in [0, 0.05) is 17.5 Å². The minimum absolute atomic E-state index is 0.375. The number of benzene rings is 1. The van der Waals surface area contributed by atoms with Crippen LogP contribution in [-0.2, 0) is 16.0 Å². The van der Waals surface area contributed by atoms with Crippen molar-refractivity contribution >= 4 is 16.9 Å². The molecule has 0 amide bonds. The van der Waals surface area contributed by atoms with Gasteiger partial charge in [-0.2, -0.15) is 0 Å². The van der Waals surface area contributed by atoms with Crippen LogP contribution in [0.5, 0.6) is 0 Å². The molecule has 20 heavy (non-hydrogen) atoms. The Hall–Kier alpha value is -1.94. The average molecular weight is 272 g/mol. The van der Waals surface area contributed by atoms with Crippen molar-refractivity contribution in [2.24, 2.45) is 5.73 Å². The Morgan fingerprint density at radius 1 is 1.25 bits per heavy atom. The number of aromatic nitrogens is 1. The third-order valence-electron chi connectivity index (χ3n) is 2.79. The van der Waals surface area contributed by atoms with E-state index in [9.17, 15) is 4.79 Å². The Morgan fingerprint density at radius 2 is 1.95 bits per heavy atom. The number of rotatable bonds is 3. The third kappa shape index (κ3) is 3.78. The lowest BCUT2D eigenvalue weighted by atomic mass is 10.1. The van der Waals surface area contributed by atoms with E-state index in [0.717, 1.165) is 16.6 Å². The fourth-order valence-electron chi connectivity index (χ4n) is 1.91. The maximum absolute atomic E-state index is 11.9. The fraction of sp³-hybridized carbons (Fsp3) is 0.375. The number of para-hydroxylation sites is 1. The number of ether oxygens (including phenoxy) is 1. The van der Waals surface area contributed by atoms with Crippen molar-refractivity contribution in [2.45, 2.75) is 38.8 Å². The summed E-state index contributed by atoms with van der Waals surface area (Å²) in [5, 5.41) is 1.07. The van der Waals surface area contributed by atoms with Crippen LogP contribution in [0.25, 0.3) is 10.9 Å². The Balaban J connectivity index is 2.09. The summed E-state index contributed by atoms with van der Waals surface area (Å²) < 4.78 is 5.27. The SMILES string of the molecule is CC(C)(C)OC(=O)[C@@H](N)Cc1ccc2ccccc2n1. The van der Waals surface area contributed by atoms with Gasteiger partial charge in [0.2, 0.25) is 0 Å². The lowest BCUT2D eigenvalue weighted by Crippen LogP contribution is -2.39. The third-order valence-corrected chi connectivity index (χ3v) is 2.79. The van der Waals surface area contributed by atoms with Gasteiger partial charge in [0.05, 0.1) is 5.52 Å². The number of carbonyl (C=O) groups excluding carboxylic acids is 1. The predicted octanol–water partition coefficient (Wildman–Crippen LogP) is 2.45. The first kappa shape index (κ1) is 14.5. The van der Waals surface area contributed by atoms with Crippen LogP contribution in [0.2, 0.25) is 0 Å². The Kier molecular flexibility index (Phi) is 4.04. The van der Waals surface area contributed by atoms with Gasteiger partial charge in [-0.05, 0) is 32.9 Å². The highest BCUT2D eigenvalue weighted by Crippen LogP contribution is 2.14. The second-order valence-electron chi connectivity index (χ2n) is 5.84. The number of hydrogen-bond donors (Lipinski definition) is 1. The van der Waals surface area contributed by atoms with Gasteiger partial charge in [-0.15, -0.1) is 0 Å². The van der Waals surface area contributed by atoms with Gasteiger partial charge in [0.15, 0.2) is 0 Å². The quantitative estimate of drug-likeness (QED) is 0.872. The van der Waals surface area contributed by atoms with Crippen LogP contribution in [0.15, 0.2) is 36.4 Å². The largest absolute Gasteiger partial charge is 0.459 e. The second-order valence-corrected chi connectivity index (χ2v) is 5.84. The zero-order valence-corrected chi connectivity index (χ0v) is 12.1. The Bertz CT molecular complexity index is 617. The molecule has 0 saturated carbocycles. The molecule has 0 aliphatic rings. The van der Waals surface area contributed by atoms with Gasteiger partial charge in [-0.1, -0.05) is 24.3 Å². The Morgan fingerprint density at radius 3 is 2.65 bits per heavy atom. The van der Waals surface area contributed by atoms with Crippen molar-refractivity contribution in [2.75, 3.05) is 0 Å². The molecule has 4 nitrogen and oxygen atoms in total. The summed E-state index contributed by atoms with van der Waals surface area (Å²) >= 11 is 0. The van der Waals surface area contributed by atoms with Gasteiger partial charge in [0.25, 0.3) is 0 Å².